The van der Waals surface area contributed by atoms with Crippen molar-refractivity contribution in [1.29, 1.82) is 0 Å². The number of rotatable bonds is 2. The Kier molecular flexibility index (Phi) is 3.26. The molecule has 5 heteroatoms. The molecule has 0 saturated carbocycles. The first-order valence-corrected chi connectivity index (χ1v) is 5.75. The maximum atomic E-state index is 11.3. The number of fused-ring (bicyclic) bond motifs is 1. The fourth-order valence-corrected chi connectivity index (χ4v) is 2.27. The van der Waals surface area contributed by atoms with Crippen LogP contribution < -0.4 is 5.32 Å². The van der Waals surface area contributed by atoms with Gasteiger partial charge in [-0.25, -0.2) is 9.78 Å². The van der Waals surface area contributed by atoms with E-state index in [1.54, 1.807) is 0 Å². The number of nitrogens with zero attached hydrogens (tertiary/aromatic N) is 1. The van der Waals surface area contributed by atoms with Gasteiger partial charge >= 0.3 is 6.09 Å². The summed E-state index contributed by atoms with van der Waals surface area (Å²) in [6.45, 7) is 1.96. The number of aryl methyl sites for hydroxylation is 1. The van der Waals surface area contributed by atoms with Gasteiger partial charge in [0.15, 0.2) is 11.7 Å². The molecule has 1 N–H and O–H groups in total. The second-order valence-corrected chi connectivity index (χ2v) is 4.43. The summed E-state index contributed by atoms with van der Waals surface area (Å²) >= 11 is 1.40. The van der Waals surface area contributed by atoms with Crippen molar-refractivity contribution >= 4 is 32.8 Å². The normalized spacial score (nSPS) is 9.88. The van der Waals surface area contributed by atoms with Gasteiger partial charge < -0.3 is 4.74 Å². The Morgan fingerprint density at radius 2 is 2.47 bits per heavy atom. The molecule has 1 aromatic heterocycles. The SMILES string of the molecule is C#CCOC(=O)Nc1nc2ccc(C)cc2s1. The van der Waals surface area contributed by atoms with Gasteiger partial charge in [0.1, 0.15) is 0 Å². The van der Waals surface area contributed by atoms with E-state index < -0.39 is 6.09 Å². The Labute approximate surface area is 103 Å². The molecule has 0 aliphatic heterocycles. The number of hydrogen-bond donors (Lipinski definition) is 1. The highest BCUT2D eigenvalue weighted by Crippen LogP contribution is 2.26. The number of anilines is 1. The Morgan fingerprint density at radius 1 is 1.65 bits per heavy atom. The molecule has 0 fully saturated rings. The van der Waals surface area contributed by atoms with Crippen LogP contribution in [0.4, 0.5) is 9.93 Å². The van der Waals surface area contributed by atoms with Crippen LogP contribution in [0.5, 0.6) is 0 Å². The molecule has 1 heterocycles. The standard InChI is InChI=1S/C12H10N2O2S/c1-3-6-16-12(15)14-11-13-9-5-4-8(2)7-10(9)17-11/h1,4-5,7H,6H2,2H3,(H,13,14,15). The van der Waals surface area contributed by atoms with Gasteiger partial charge in [-0.3, -0.25) is 5.32 Å². The molecule has 2 aromatic rings. The van der Waals surface area contributed by atoms with Crippen LogP contribution in [0.25, 0.3) is 10.2 Å². The average molecular weight is 246 g/mol. The summed E-state index contributed by atoms with van der Waals surface area (Å²) in [5, 5.41) is 3.04. The zero-order valence-corrected chi connectivity index (χ0v) is 10.0. The number of benzene rings is 1. The van der Waals surface area contributed by atoms with Crippen molar-refractivity contribution in [3.63, 3.8) is 0 Å². The molecule has 17 heavy (non-hydrogen) atoms. The molecule has 0 aliphatic carbocycles. The molecular formula is C12H10N2O2S. The first-order valence-electron chi connectivity index (χ1n) is 4.93. The van der Waals surface area contributed by atoms with Crippen LogP contribution in [-0.2, 0) is 4.74 Å². The van der Waals surface area contributed by atoms with E-state index in [2.05, 4.69) is 16.2 Å². The Morgan fingerprint density at radius 3 is 3.24 bits per heavy atom. The molecule has 0 radical (unpaired) electrons. The molecule has 1 aromatic carbocycles. The summed E-state index contributed by atoms with van der Waals surface area (Å²) in [7, 11) is 0. The van der Waals surface area contributed by atoms with Gasteiger partial charge in [-0.15, -0.1) is 6.42 Å². The first-order chi connectivity index (χ1) is 8.19. The van der Waals surface area contributed by atoms with Crippen molar-refractivity contribution in [2.45, 2.75) is 6.92 Å². The van der Waals surface area contributed by atoms with Crippen molar-refractivity contribution in [1.82, 2.24) is 4.98 Å². The number of hydrogen-bond acceptors (Lipinski definition) is 4. The van der Waals surface area contributed by atoms with Gasteiger partial charge in [0.2, 0.25) is 0 Å². The summed E-state index contributed by atoms with van der Waals surface area (Å²) in [6.07, 6.45) is 4.40. The summed E-state index contributed by atoms with van der Waals surface area (Å²) in [6, 6.07) is 5.91. The minimum absolute atomic E-state index is 0.0458. The fourth-order valence-electron chi connectivity index (χ4n) is 1.32. The molecule has 0 aliphatic rings. The minimum Gasteiger partial charge on any atom is -0.436 e. The van der Waals surface area contributed by atoms with E-state index in [0.29, 0.717) is 5.13 Å². The largest absolute Gasteiger partial charge is 0.436 e. The highest BCUT2D eigenvalue weighted by molar-refractivity contribution is 7.22. The van der Waals surface area contributed by atoms with Crippen LogP contribution in [0.15, 0.2) is 18.2 Å². The summed E-state index contributed by atoms with van der Waals surface area (Å²) in [5.41, 5.74) is 2.01. The highest BCUT2D eigenvalue weighted by Gasteiger charge is 2.07. The maximum Gasteiger partial charge on any atom is 0.414 e. The molecule has 1 amide bonds. The van der Waals surface area contributed by atoms with Gasteiger partial charge in [-0.05, 0) is 24.6 Å². The van der Waals surface area contributed by atoms with Crippen molar-refractivity contribution in [3.05, 3.63) is 23.8 Å². The lowest BCUT2D eigenvalue weighted by molar-refractivity contribution is 0.176. The van der Waals surface area contributed by atoms with Crippen LogP contribution in [0.1, 0.15) is 5.56 Å². The van der Waals surface area contributed by atoms with Crippen LogP contribution in [0.2, 0.25) is 0 Å². The Balaban J connectivity index is 2.14. The van der Waals surface area contributed by atoms with E-state index in [9.17, 15) is 4.79 Å². The molecule has 0 spiro atoms. The third-order valence-corrected chi connectivity index (χ3v) is 2.97. The number of carbonyl (C=O) groups is 1. The lowest BCUT2D eigenvalue weighted by atomic mass is 10.2. The summed E-state index contributed by atoms with van der Waals surface area (Å²) in [4.78, 5) is 15.5. The van der Waals surface area contributed by atoms with E-state index >= 15 is 0 Å². The van der Waals surface area contributed by atoms with Gasteiger partial charge in [0, 0.05) is 0 Å². The lowest BCUT2D eigenvalue weighted by Crippen LogP contribution is -2.13. The fraction of sp³-hybridized carbons (Fsp3) is 0.167. The number of carbonyl (C=O) groups excluding carboxylic acids is 1. The monoisotopic (exact) mass is 246 g/mol. The van der Waals surface area contributed by atoms with Crippen molar-refractivity contribution in [3.8, 4) is 12.3 Å². The molecule has 0 atom stereocenters. The predicted molar refractivity (Wildman–Crippen MR) is 68.2 cm³/mol. The number of aromatic nitrogens is 1. The zero-order valence-electron chi connectivity index (χ0n) is 9.19. The third kappa shape index (κ3) is 2.74. The summed E-state index contributed by atoms with van der Waals surface area (Å²) in [5.74, 6) is 2.22. The van der Waals surface area contributed by atoms with Crippen molar-refractivity contribution in [2.75, 3.05) is 11.9 Å². The minimum atomic E-state index is -0.585. The van der Waals surface area contributed by atoms with E-state index in [0.717, 1.165) is 15.8 Å². The predicted octanol–water partition coefficient (Wildman–Crippen LogP) is 2.79. The van der Waals surface area contributed by atoms with E-state index in [4.69, 9.17) is 11.2 Å². The van der Waals surface area contributed by atoms with Gasteiger partial charge in [-0.2, -0.15) is 0 Å². The van der Waals surface area contributed by atoms with Crippen LogP contribution in [-0.4, -0.2) is 17.7 Å². The van der Waals surface area contributed by atoms with Crippen LogP contribution in [0, 0.1) is 19.3 Å². The van der Waals surface area contributed by atoms with E-state index in [1.807, 2.05) is 25.1 Å². The Bertz CT molecular complexity index is 598. The van der Waals surface area contributed by atoms with Gasteiger partial charge in [-0.1, -0.05) is 23.3 Å². The summed E-state index contributed by atoms with van der Waals surface area (Å²) < 4.78 is 5.72. The van der Waals surface area contributed by atoms with E-state index in [1.165, 1.54) is 11.3 Å². The zero-order chi connectivity index (χ0) is 12.3. The van der Waals surface area contributed by atoms with Crippen LogP contribution >= 0.6 is 11.3 Å². The first kappa shape index (κ1) is 11.4. The molecular weight excluding hydrogens is 236 g/mol. The molecule has 0 saturated heterocycles. The maximum absolute atomic E-state index is 11.3. The van der Waals surface area contributed by atoms with Crippen LogP contribution in [0.3, 0.4) is 0 Å². The molecule has 0 bridgehead atoms. The quantitative estimate of drug-likeness (QED) is 0.829. The smallest absolute Gasteiger partial charge is 0.414 e. The number of amides is 1. The van der Waals surface area contributed by atoms with Gasteiger partial charge in [0.05, 0.1) is 10.2 Å². The Hall–Kier alpha value is -2.06. The van der Waals surface area contributed by atoms with Gasteiger partial charge in [0.25, 0.3) is 0 Å². The number of terminal acetylenes is 1. The molecule has 0 unspecified atom stereocenters. The second kappa shape index (κ2) is 4.85. The number of thiazole rings is 1. The second-order valence-electron chi connectivity index (χ2n) is 3.40. The molecule has 86 valence electrons. The van der Waals surface area contributed by atoms with E-state index in [-0.39, 0.29) is 6.61 Å². The highest BCUT2D eigenvalue weighted by atomic mass is 32.1. The van der Waals surface area contributed by atoms with Crippen molar-refractivity contribution < 1.29 is 9.53 Å². The topological polar surface area (TPSA) is 51.2 Å². The average Bonchev–Trinajstić information content (AvgIpc) is 2.67. The molecule has 4 nitrogen and oxygen atoms in total. The number of nitrogens with one attached hydrogen (secondary N) is 1. The lowest BCUT2D eigenvalue weighted by Gasteiger charge is -1.99. The van der Waals surface area contributed by atoms with Crippen molar-refractivity contribution in [2.24, 2.45) is 0 Å². The third-order valence-electron chi connectivity index (χ3n) is 2.04. The molecule has 2 rings (SSSR count). The number of ether oxygens (including phenoxy) is 1.